The number of hydrogen-bond donors (Lipinski definition) is 3. The first-order valence-electron chi connectivity index (χ1n) is 4.47. The highest BCUT2D eigenvalue weighted by Crippen LogP contribution is 2.16. The quantitative estimate of drug-likeness (QED) is 0.706. The van der Waals surface area contributed by atoms with Crippen molar-refractivity contribution in [3.05, 3.63) is 34.9 Å². The fourth-order valence-corrected chi connectivity index (χ4v) is 1.34. The molecule has 0 aromatic heterocycles. The van der Waals surface area contributed by atoms with Crippen molar-refractivity contribution in [3.8, 4) is 0 Å². The number of rotatable bonds is 5. The van der Waals surface area contributed by atoms with Gasteiger partial charge >= 0.3 is 5.97 Å². The Morgan fingerprint density at radius 1 is 1.40 bits per heavy atom. The Hall–Kier alpha value is -1.10. The monoisotopic (exact) mass is 229 g/mol. The lowest BCUT2D eigenvalue weighted by molar-refractivity contribution is -0.139. The molecule has 15 heavy (non-hydrogen) atoms. The van der Waals surface area contributed by atoms with Crippen molar-refractivity contribution in [3.63, 3.8) is 0 Å². The van der Waals surface area contributed by atoms with Crippen LogP contribution in [0.3, 0.4) is 0 Å². The Bertz CT molecular complexity index is 326. The van der Waals surface area contributed by atoms with E-state index in [-0.39, 0.29) is 13.2 Å². The van der Waals surface area contributed by atoms with Crippen LogP contribution >= 0.6 is 11.6 Å². The summed E-state index contributed by atoms with van der Waals surface area (Å²) in [7, 11) is 0. The third-order valence-corrected chi connectivity index (χ3v) is 2.16. The molecule has 1 unspecified atom stereocenters. The molecular formula is C10H12ClNO3. The van der Waals surface area contributed by atoms with Crippen LogP contribution in [0.25, 0.3) is 0 Å². The van der Waals surface area contributed by atoms with Gasteiger partial charge in [-0.25, -0.2) is 0 Å². The molecule has 0 amide bonds. The smallest absolute Gasteiger partial charge is 0.325 e. The van der Waals surface area contributed by atoms with E-state index in [1.54, 1.807) is 24.3 Å². The van der Waals surface area contributed by atoms with Crippen molar-refractivity contribution in [2.24, 2.45) is 0 Å². The van der Waals surface area contributed by atoms with E-state index in [2.05, 4.69) is 5.32 Å². The maximum absolute atomic E-state index is 10.9. The van der Waals surface area contributed by atoms with Gasteiger partial charge in [-0.3, -0.25) is 10.1 Å². The van der Waals surface area contributed by atoms with Crippen LogP contribution < -0.4 is 5.32 Å². The van der Waals surface area contributed by atoms with Crippen LogP contribution in [0, 0.1) is 0 Å². The van der Waals surface area contributed by atoms with Crippen molar-refractivity contribution in [1.82, 2.24) is 5.32 Å². The first-order valence-corrected chi connectivity index (χ1v) is 4.85. The zero-order chi connectivity index (χ0) is 11.3. The van der Waals surface area contributed by atoms with Crippen molar-refractivity contribution in [2.75, 3.05) is 13.2 Å². The number of aliphatic hydroxyl groups excluding tert-OH is 1. The lowest BCUT2D eigenvalue weighted by atomic mass is 10.1. The molecule has 1 rings (SSSR count). The lowest BCUT2D eigenvalue weighted by Crippen LogP contribution is -2.30. The third kappa shape index (κ3) is 3.51. The summed E-state index contributed by atoms with van der Waals surface area (Å²) >= 11 is 5.69. The molecule has 1 aromatic carbocycles. The summed E-state index contributed by atoms with van der Waals surface area (Å²) in [5.41, 5.74) is 0.611. The molecule has 0 fully saturated rings. The number of aliphatic carboxylic acids is 1. The molecule has 4 nitrogen and oxygen atoms in total. The number of hydrogen-bond acceptors (Lipinski definition) is 3. The first kappa shape index (κ1) is 12.0. The van der Waals surface area contributed by atoms with E-state index in [1.807, 2.05) is 0 Å². The molecule has 3 N–H and O–H groups in total. The minimum atomic E-state index is -0.981. The van der Waals surface area contributed by atoms with E-state index in [0.717, 1.165) is 0 Å². The van der Waals surface area contributed by atoms with Gasteiger partial charge in [-0.1, -0.05) is 23.7 Å². The standard InChI is InChI=1S/C10H12ClNO3/c11-8-3-1-7(2-4-8)9(10(14)15)12-5-6-13/h1-4,9,12-13H,5-6H2,(H,14,15). The number of halogens is 1. The number of carbonyl (C=O) groups is 1. The number of aliphatic hydroxyl groups is 1. The van der Waals surface area contributed by atoms with Crippen molar-refractivity contribution in [1.29, 1.82) is 0 Å². The lowest BCUT2D eigenvalue weighted by Gasteiger charge is -2.13. The topological polar surface area (TPSA) is 69.6 Å². The van der Waals surface area contributed by atoms with Gasteiger partial charge in [-0.05, 0) is 17.7 Å². The Morgan fingerprint density at radius 2 is 2.00 bits per heavy atom. The van der Waals surface area contributed by atoms with Crippen LogP contribution in [-0.2, 0) is 4.79 Å². The van der Waals surface area contributed by atoms with Gasteiger partial charge in [0.25, 0.3) is 0 Å². The Kier molecular flexibility index (Phi) is 4.55. The van der Waals surface area contributed by atoms with E-state index >= 15 is 0 Å². The fraction of sp³-hybridized carbons (Fsp3) is 0.300. The minimum Gasteiger partial charge on any atom is -0.480 e. The molecule has 1 aromatic rings. The Balaban J connectivity index is 2.79. The van der Waals surface area contributed by atoms with Gasteiger partial charge in [0.1, 0.15) is 6.04 Å². The summed E-state index contributed by atoms with van der Waals surface area (Å²) in [6, 6.07) is 5.74. The van der Waals surface area contributed by atoms with Gasteiger partial charge in [0, 0.05) is 11.6 Å². The largest absolute Gasteiger partial charge is 0.480 e. The molecule has 0 aliphatic heterocycles. The van der Waals surface area contributed by atoms with E-state index in [0.29, 0.717) is 10.6 Å². The average Bonchev–Trinajstić information content (AvgIpc) is 2.21. The van der Waals surface area contributed by atoms with E-state index < -0.39 is 12.0 Å². The molecule has 0 heterocycles. The first-order chi connectivity index (χ1) is 7.15. The van der Waals surface area contributed by atoms with Gasteiger partial charge in [0.15, 0.2) is 0 Å². The Morgan fingerprint density at radius 3 is 2.47 bits per heavy atom. The highest BCUT2D eigenvalue weighted by Gasteiger charge is 2.18. The zero-order valence-electron chi connectivity index (χ0n) is 7.98. The molecule has 0 bridgehead atoms. The summed E-state index contributed by atoms with van der Waals surface area (Å²) in [5.74, 6) is -0.981. The summed E-state index contributed by atoms with van der Waals surface area (Å²) in [6.07, 6.45) is 0. The molecule has 0 saturated heterocycles. The van der Waals surface area contributed by atoms with Gasteiger partial charge in [-0.2, -0.15) is 0 Å². The van der Waals surface area contributed by atoms with Gasteiger partial charge in [0.05, 0.1) is 6.61 Å². The number of carboxylic acids is 1. The molecule has 0 spiro atoms. The van der Waals surface area contributed by atoms with Crippen LogP contribution in [0.5, 0.6) is 0 Å². The summed E-state index contributed by atoms with van der Waals surface area (Å²) in [5, 5.41) is 20.8. The molecule has 5 heteroatoms. The number of benzene rings is 1. The van der Waals surface area contributed by atoms with Crippen LogP contribution in [0.4, 0.5) is 0 Å². The van der Waals surface area contributed by atoms with Crippen LogP contribution in [0.2, 0.25) is 5.02 Å². The van der Waals surface area contributed by atoms with Crippen molar-refractivity contribution >= 4 is 17.6 Å². The molecule has 0 aliphatic rings. The van der Waals surface area contributed by atoms with E-state index in [9.17, 15) is 4.79 Å². The van der Waals surface area contributed by atoms with Gasteiger partial charge in [-0.15, -0.1) is 0 Å². The molecule has 0 saturated carbocycles. The minimum absolute atomic E-state index is 0.0998. The molecule has 1 atom stereocenters. The van der Waals surface area contributed by atoms with Gasteiger partial charge in [0.2, 0.25) is 0 Å². The van der Waals surface area contributed by atoms with Crippen LogP contribution in [0.1, 0.15) is 11.6 Å². The summed E-state index contributed by atoms with van der Waals surface area (Å²) < 4.78 is 0. The second-order valence-corrected chi connectivity index (χ2v) is 3.44. The second-order valence-electron chi connectivity index (χ2n) is 3.00. The van der Waals surface area contributed by atoms with Crippen molar-refractivity contribution < 1.29 is 15.0 Å². The predicted octanol–water partition coefficient (Wildman–Crippen LogP) is 1.05. The average molecular weight is 230 g/mol. The zero-order valence-corrected chi connectivity index (χ0v) is 8.74. The van der Waals surface area contributed by atoms with Crippen LogP contribution in [0.15, 0.2) is 24.3 Å². The highest BCUT2D eigenvalue weighted by molar-refractivity contribution is 6.30. The normalized spacial score (nSPS) is 12.4. The van der Waals surface area contributed by atoms with Gasteiger partial charge < -0.3 is 10.2 Å². The molecule has 0 radical (unpaired) electrons. The van der Waals surface area contributed by atoms with E-state index in [4.69, 9.17) is 21.8 Å². The summed E-state index contributed by atoms with van der Waals surface area (Å²) in [6.45, 7) is 0.136. The fourth-order valence-electron chi connectivity index (χ4n) is 1.21. The molecule has 0 aliphatic carbocycles. The Labute approximate surface area is 92.5 Å². The predicted molar refractivity (Wildman–Crippen MR) is 56.9 cm³/mol. The molecule has 82 valence electrons. The molecular weight excluding hydrogens is 218 g/mol. The summed E-state index contributed by atoms with van der Waals surface area (Å²) in [4.78, 5) is 10.9. The maximum Gasteiger partial charge on any atom is 0.325 e. The highest BCUT2D eigenvalue weighted by atomic mass is 35.5. The SMILES string of the molecule is O=C(O)C(NCCO)c1ccc(Cl)cc1. The van der Waals surface area contributed by atoms with E-state index in [1.165, 1.54) is 0 Å². The second kappa shape index (κ2) is 5.70. The number of nitrogens with one attached hydrogen (secondary N) is 1. The maximum atomic E-state index is 10.9. The third-order valence-electron chi connectivity index (χ3n) is 1.91. The number of carboxylic acid groups (broad SMARTS) is 1. The van der Waals surface area contributed by atoms with Crippen molar-refractivity contribution in [2.45, 2.75) is 6.04 Å². The van der Waals surface area contributed by atoms with Crippen LogP contribution in [-0.4, -0.2) is 29.3 Å².